The summed E-state index contributed by atoms with van der Waals surface area (Å²) in [7, 11) is 2.99. The van der Waals surface area contributed by atoms with Crippen LogP contribution in [0.15, 0.2) is 48.5 Å². The van der Waals surface area contributed by atoms with Gasteiger partial charge in [-0.3, -0.25) is 0 Å². The third-order valence-electron chi connectivity index (χ3n) is 2.11. The largest absolute Gasteiger partial charge is 0.497 e. The van der Waals surface area contributed by atoms with Gasteiger partial charge in [-0.05, 0) is 36.4 Å². The number of benzene rings is 2. The molecule has 0 aliphatic carbocycles. The van der Waals surface area contributed by atoms with E-state index in [2.05, 4.69) is 4.74 Å². The second-order valence-corrected chi connectivity index (χ2v) is 3.29. The van der Waals surface area contributed by atoms with Crippen molar-refractivity contribution < 1.29 is 18.3 Å². The summed E-state index contributed by atoms with van der Waals surface area (Å²) in [5, 5.41) is 0. The van der Waals surface area contributed by atoms with Crippen LogP contribution in [0, 0.1) is 11.6 Å². The van der Waals surface area contributed by atoms with Gasteiger partial charge >= 0.3 is 0 Å². The van der Waals surface area contributed by atoms with Crippen LogP contribution in [0.4, 0.5) is 8.78 Å². The van der Waals surface area contributed by atoms with Crippen LogP contribution in [0.3, 0.4) is 0 Å². The maximum atomic E-state index is 12.5. The lowest BCUT2D eigenvalue weighted by Gasteiger charge is -1.97. The minimum atomic E-state index is -0.319. The molecule has 0 heterocycles. The molecule has 2 aromatic carbocycles. The molecule has 0 saturated heterocycles. The Balaban J connectivity index is 0.000000180. The van der Waals surface area contributed by atoms with Crippen molar-refractivity contribution in [2.75, 3.05) is 14.2 Å². The maximum absolute atomic E-state index is 12.5. The van der Waals surface area contributed by atoms with E-state index in [0.717, 1.165) is 0 Å². The normalized spacial score (nSPS) is 9.11. The summed E-state index contributed by atoms with van der Waals surface area (Å²) < 4.78 is 34.1. The number of para-hydroxylation sites is 1. The van der Waals surface area contributed by atoms with Crippen molar-refractivity contribution in [3.05, 3.63) is 60.2 Å². The van der Waals surface area contributed by atoms with Crippen molar-refractivity contribution in [2.24, 2.45) is 0 Å². The molecule has 2 nitrogen and oxygen atoms in total. The van der Waals surface area contributed by atoms with Crippen LogP contribution in [-0.2, 0) is 0 Å². The topological polar surface area (TPSA) is 18.5 Å². The van der Waals surface area contributed by atoms with Crippen LogP contribution >= 0.6 is 0 Å². The minimum Gasteiger partial charge on any atom is -0.497 e. The van der Waals surface area contributed by atoms with E-state index in [0.29, 0.717) is 5.75 Å². The van der Waals surface area contributed by atoms with Gasteiger partial charge in [0.2, 0.25) is 0 Å². The smallest absolute Gasteiger partial charge is 0.165 e. The molecule has 0 spiro atoms. The van der Waals surface area contributed by atoms with Crippen molar-refractivity contribution in [1.82, 2.24) is 0 Å². The lowest BCUT2D eigenvalue weighted by Crippen LogP contribution is -1.85. The molecule has 0 fully saturated rings. The van der Waals surface area contributed by atoms with Crippen molar-refractivity contribution in [1.29, 1.82) is 0 Å². The quantitative estimate of drug-likeness (QED) is 0.812. The fourth-order valence-corrected chi connectivity index (χ4v) is 1.18. The molecule has 2 rings (SSSR count). The average molecular weight is 252 g/mol. The Morgan fingerprint density at radius 2 is 1.39 bits per heavy atom. The molecular weight excluding hydrogens is 238 g/mol. The van der Waals surface area contributed by atoms with Crippen LogP contribution in [0.1, 0.15) is 0 Å². The van der Waals surface area contributed by atoms with Crippen LogP contribution in [0.2, 0.25) is 0 Å². The highest BCUT2D eigenvalue weighted by Crippen LogP contribution is 2.13. The second-order valence-electron chi connectivity index (χ2n) is 3.29. The molecule has 0 amide bonds. The van der Waals surface area contributed by atoms with Crippen LogP contribution < -0.4 is 9.47 Å². The van der Waals surface area contributed by atoms with Gasteiger partial charge in [0.05, 0.1) is 14.2 Å². The molecule has 96 valence electrons. The van der Waals surface area contributed by atoms with Crippen molar-refractivity contribution in [3.63, 3.8) is 0 Å². The summed E-state index contributed by atoms with van der Waals surface area (Å²) in [5.74, 6) is 0.407. The molecule has 0 aliphatic rings. The summed E-state index contributed by atoms with van der Waals surface area (Å²) in [6, 6.07) is 12.2. The summed E-state index contributed by atoms with van der Waals surface area (Å²) >= 11 is 0. The van der Waals surface area contributed by atoms with Gasteiger partial charge in [0.15, 0.2) is 11.6 Å². The van der Waals surface area contributed by atoms with E-state index in [1.165, 1.54) is 25.3 Å². The summed E-state index contributed by atoms with van der Waals surface area (Å²) in [6.07, 6.45) is 0. The van der Waals surface area contributed by atoms with Crippen molar-refractivity contribution >= 4 is 0 Å². The van der Waals surface area contributed by atoms with Crippen LogP contribution in [-0.4, -0.2) is 14.2 Å². The average Bonchev–Trinajstić information content (AvgIpc) is 2.41. The van der Waals surface area contributed by atoms with E-state index < -0.39 is 0 Å². The number of hydrogen-bond acceptors (Lipinski definition) is 2. The molecule has 0 unspecified atom stereocenters. The Morgan fingerprint density at radius 3 is 1.83 bits per heavy atom. The summed E-state index contributed by atoms with van der Waals surface area (Å²) in [5.41, 5.74) is 0. The molecule has 0 aliphatic heterocycles. The number of ether oxygens (including phenoxy) is 2. The second kappa shape index (κ2) is 7.27. The Labute approximate surface area is 105 Å². The number of rotatable bonds is 2. The van der Waals surface area contributed by atoms with E-state index in [4.69, 9.17) is 4.74 Å². The first kappa shape index (κ1) is 14.0. The first-order valence-electron chi connectivity index (χ1n) is 5.25. The van der Waals surface area contributed by atoms with Gasteiger partial charge in [0, 0.05) is 0 Å². The monoisotopic (exact) mass is 252 g/mol. The number of halogens is 2. The molecule has 0 bridgehead atoms. The van der Waals surface area contributed by atoms with Crippen molar-refractivity contribution in [3.8, 4) is 11.5 Å². The van der Waals surface area contributed by atoms with Gasteiger partial charge in [-0.2, -0.15) is 0 Å². The first-order chi connectivity index (χ1) is 8.67. The van der Waals surface area contributed by atoms with Crippen LogP contribution in [0.5, 0.6) is 11.5 Å². The zero-order chi connectivity index (χ0) is 13.4. The summed E-state index contributed by atoms with van der Waals surface area (Å²) in [6.45, 7) is 0. The highest BCUT2D eigenvalue weighted by atomic mass is 19.1. The lowest BCUT2D eigenvalue weighted by molar-refractivity contribution is 0.386. The molecule has 18 heavy (non-hydrogen) atoms. The number of hydrogen-bond donors (Lipinski definition) is 0. The summed E-state index contributed by atoms with van der Waals surface area (Å²) in [4.78, 5) is 0. The predicted molar refractivity (Wildman–Crippen MR) is 65.9 cm³/mol. The SMILES string of the molecule is COc1ccc(F)cc1.COc1ccccc1F. The van der Waals surface area contributed by atoms with Gasteiger partial charge < -0.3 is 9.47 Å². The molecular formula is C14H14F2O2. The predicted octanol–water partition coefficient (Wildman–Crippen LogP) is 3.67. The van der Waals surface area contributed by atoms with Crippen molar-refractivity contribution in [2.45, 2.75) is 0 Å². The fourth-order valence-electron chi connectivity index (χ4n) is 1.18. The molecule has 0 aromatic heterocycles. The van der Waals surface area contributed by atoms with Crippen LogP contribution in [0.25, 0.3) is 0 Å². The van der Waals surface area contributed by atoms with Gasteiger partial charge in [-0.15, -0.1) is 0 Å². The standard InChI is InChI=1S/2C7H7FO/c1-9-7-4-2-6(8)3-5-7;1-9-7-5-3-2-4-6(7)8/h2*2-5H,1H3. The molecule has 0 atom stereocenters. The van der Waals surface area contributed by atoms with Gasteiger partial charge in [0.25, 0.3) is 0 Å². The van der Waals surface area contributed by atoms with E-state index in [1.54, 1.807) is 37.4 Å². The Bertz CT molecular complexity index is 469. The third-order valence-corrected chi connectivity index (χ3v) is 2.11. The van der Waals surface area contributed by atoms with E-state index in [1.807, 2.05) is 0 Å². The molecule has 0 radical (unpaired) electrons. The fraction of sp³-hybridized carbons (Fsp3) is 0.143. The molecule has 4 heteroatoms. The van der Waals surface area contributed by atoms with Gasteiger partial charge in [0.1, 0.15) is 11.6 Å². The highest BCUT2D eigenvalue weighted by molar-refractivity contribution is 5.23. The maximum Gasteiger partial charge on any atom is 0.165 e. The molecule has 0 N–H and O–H groups in total. The zero-order valence-electron chi connectivity index (χ0n) is 10.2. The minimum absolute atomic E-state index is 0.240. The van der Waals surface area contributed by atoms with E-state index in [9.17, 15) is 8.78 Å². The Morgan fingerprint density at radius 1 is 0.778 bits per heavy atom. The third kappa shape index (κ3) is 4.41. The van der Waals surface area contributed by atoms with Gasteiger partial charge in [-0.1, -0.05) is 12.1 Å². The van der Waals surface area contributed by atoms with Gasteiger partial charge in [-0.25, -0.2) is 8.78 Å². The van der Waals surface area contributed by atoms with E-state index in [-0.39, 0.29) is 17.4 Å². The Hall–Kier alpha value is -2.10. The highest BCUT2D eigenvalue weighted by Gasteiger charge is 1.95. The Kier molecular flexibility index (Phi) is 5.64. The molecule has 2 aromatic rings. The lowest BCUT2D eigenvalue weighted by atomic mass is 10.3. The zero-order valence-corrected chi connectivity index (χ0v) is 10.2. The number of methoxy groups -OCH3 is 2. The molecule has 0 saturated carbocycles. The van der Waals surface area contributed by atoms with E-state index >= 15 is 0 Å². The first-order valence-corrected chi connectivity index (χ1v) is 5.25.